The van der Waals surface area contributed by atoms with Crippen molar-refractivity contribution in [2.24, 2.45) is 13.0 Å². The van der Waals surface area contributed by atoms with Crippen molar-refractivity contribution < 1.29 is 9.53 Å². The lowest BCUT2D eigenvalue weighted by molar-refractivity contribution is 0.0941. The second kappa shape index (κ2) is 6.93. The first-order valence-corrected chi connectivity index (χ1v) is 9.10. The minimum Gasteiger partial charge on any atom is -0.479 e. The molecule has 0 spiro atoms. The molecule has 138 valence electrons. The number of nitrogens with zero attached hydrogens (tertiary/aromatic N) is 5. The van der Waals surface area contributed by atoms with Crippen LogP contribution >= 0.6 is 0 Å². The smallest absolute Gasteiger partial charge is 0.258 e. The number of hydrogen-bond donors (Lipinski definition) is 1. The molecule has 8 heteroatoms. The van der Waals surface area contributed by atoms with Crippen LogP contribution in [-0.2, 0) is 19.9 Å². The van der Waals surface area contributed by atoms with E-state index in [4.69, 9.17) is 4.74 Å². The van der Waals surface area contributed by atoms with E-state index in [0.29, 0.717) is 23.9 Å². The quantitative estimate of drug-likeness (QED) is 0.859. The van der Waals surface area contributed by atoms with Gasteiger partial charge in [0, 0.05) is 38.8 Å². The minimum atomic E-state index is -0.151. The molecule has 4 rings (SSSR count). The Morgan fingerprint density at radius 3 is 2.92 bits per heavy atom. The van der Waals surface area contributed by atoms with Crippen molar-refractivity contribution in [2.45, 2.75) is 25.7 Å². The summed E-state index contributed by atoms with van der Waals surface area (Å²) in [7, 11) is 3.28. The van der Waals surface area contributed by atoms with Crippen molar-refractivity contribution in [1.29, 1.82) is 0 Å². The van der Waals surface area contributed by atoms with Gasteiger partial charge in [-0.3, -0.25) is 9.48 Å². The van der Waals surface area contributed by atoms with E-state index in [-0.39, 0.29) is 5.91 Å². The molecular formula is C18H24N6O2. The van der Waals surface area contributed by atoms with Crippen molar-refractivity contribution in [1.82, 2.24) is 25.3 Å². The standard InChI is InChI=1S/C18H24N6O2/c1-23-11-14(18(22-23)26-2)17(25)19-8-12-9-24(10-12)16-7-13-5-3-4-6-15(13)20-21-16/h7,11-12H,3-6,8-10H2,1-2H3,(H,19,25). The Labute approximate surface area is 152 Å². The Morgan fingerprint density at radius 1 is 1.31 bits per heavy atom. The summed E-state index contributed by atoms with van der Waals surface area (Å²) >= 11 is 0. The molecule has 1 amide bonds. The average molecular weight is 356 g/mol. The molecule has 0 aromatic carbocycles. The van der Waals surface area contributed by atoms with E-state index >= 15 is 0 Å². The zero-order valence-corrected chi connectivity index (χ0v) is 15.2. The monoisotopic (exact) mass is 356 g/mol. The number of amides is 1. The Hall–Kier alpha value is -2.64. The number of aryl methyl sites for hydroxylation is 3. The molecule has 1 aliphatic heterocycles. The molecule has 1 N–H and O–H groups in total. The first-order valence-electron chi connectivity index (χ1n) is 9.10. The molecule has 8 nitrogen and oxygen atoms in total. The number of ether oxygens (including phenoxy) is 1. The summed E-state index contributed by atoms with van der Waals surface area (Å²) in [6.07, 6.45) is 6.29. The van der Waals surface area contributed by atoms with E-state index < -0.39 is 0 Å². The minimum absolute atomic E-state index is 0.151. The fraction of sp³-hybridized carbons (Fsp3) is 0.556. The molecule has 1 fully saturated rings. The topological polar surface area (TPSA) is 85.2 Å². The van der Waals surface area contributed by atoms with Gasteiger partial charge in [0.05, 0.1) is 12.8 Å². The van der Waals surface area contributed by atoms with Crippen LogP contribution in [0.1, 0.15) is 34.5 Å². The molecule has 0 radical (unpaired) electrons. The predicted octanol–water partition coefficient (Wildman–Crippen LogP) is 0.964. The molecule has 0 bridgehead atoms. The maximum atomic E-state index is 12.3. The van der Waals surface area contributed by atoms with Gasteiger partial charge in [-0.25, -0.2) is 0 Å². The fourth-order valence-electron chi connectivity index (χ4n) is 3.63. The van der Waals surface area contributed by atoms with Gasteiger partial charge in [0.1, 0.15) is 5.56 Å². The summed E-state index contributed by atoms with van der Waals surface area (Å²) < 4.78 is 6.72. The van der Waals surface area contributed by atoms with Crippen molar-refractivity contribution in [3.8, 4) is 5.88 Å². The second-order valence-corrected chi connectivity index (χ2v) is 7.09. The van der Waals surface area contributed by atoms with Crippen LogP contribution < -0.4 is 15.0 Å². The van der Waals surface area contributed by atoms with Crippen molar-refractivity contribution in [3.05, 3.63) is 29.1 Å². The van der Waals surface area contributed by atoms with Crippen LogP contribution in [0.2, 0.25) is 0 Å². The first kappa shape index (κ1) is 16.8. The lowest BCUT2D eigenvalue weighted by Gasteiger charge is -2.40. The van der Waals surface area contributed by atoms with Gasteiger partial charge in [-0.15, -0.1) is 10.2 Å². The highest BCUT2D eigenvalue weighted by Crippen LogP contribution is 2.26. The zero-order valence-electron chi connectivity index (χ0n) is 15.2. The van der Waals surface area contributed by atoms with Crippen LogP contribution in [0.15, 0.2) is 12.3 Å². The molecule has 1 saturated heterocycles. The van der Waals surface area contributed by atoms with E-state index in [1.807, 2.05) is 0 Å². The van der Waals surface area contributed by atoms with Gasteiger partial charge in [-0.1, -0.05) is 0 Å². The third-order valence-corrected chi connectivity index (χ3v) is 5.12. The Kier molecular flexibility index (Phi) is 4.48. The number of hydrogen-bond acceptors (Lipinski definition) is 6. The Bertz CT molecular complexity index is 812. The number of methoxy groups -OCH3 is 1. The Balaban J connectivity index is 1.29. The summed E-state index contributed by atoms with van der Waals surface area (Å²) in [5.74, 6) is 1.58. The lowest BCUT2D eigenvalue weighted by atomic mass is 9.95. The van der Waals surface area contributed by atoms with Crippen LogP contribution in [0, 0.1) is 5.92 Å². The molecular weight excluding hydrogens is 332 g/mol. The molecule has 2 aromatic rings. The number of fused-ring (bicyclic) bond motifs is 1. The van der Waals surface area contributed by atoms with Gasteiger partial charge in [-0.05, 0) is 37.3 Å². The highest BCUT2D eigenvalue weighted by molar-refractivity contribution is 5.96. The van der Waals surface area contributed by atoms with E-state index in [0.717, 1.165) is 37.4 Å². The molecule has 0 atom stereocenters. The third kappa shape index (κ3) is 3.23. The van der Waals surface area contributed by atoms with Gasteiger partial charge >= 0.3 is 0 Å². The van der Waals surface area contributed by atoms with Gasteiger partial charge in [0.15, 0.2) is 5.82 Å². The van der Waals surface area contributed by atoms with Crippen molar-refractivity contribution >= 4 is 11.7 Å². The highest BCUT2D eigenvalue weighted by Gasteiger charge is 2.29. The van der Waals surface area contributed by atoms with Crippen LogP contribution in [0.25, 0.3) is 0 Å². The largest absolute Gasteiger partial charge is 0.479 e. The predicted molar refractivity (Wildman–Crippen MR) is 96.5 cm³/mol. The van der Waals surface area contributed by atoms with E-state index in [2.05, 4.69) is 31.6 Å². The van der Waals surface area contributed by atoms with Crippen LogP contribution in [0.4, 0.5) is 5.82 Å². The summed E-state index contributed by atoms with van der Waals surface area (Å²) in [6.45, 7) is 2.40. The maximum absolute atomic E-state index is 12.3. The molecule has 26 heavy (non-hydrogen) atoms. The third-order valence-electron chi connectivity index (χ3n) is 5.12. The number of carbonyl (C=O) groups excluding carboxylic acids is 1. The number of carbonyl (C=O) groups is 1. The number of anilines is 1. The van der Waals surface area contributed by atoms with Crippen molar-refractivity contribution in [2.75, 3.05) is 31.6 Å². The van der Waals surface area contributed by atoms with Crippen LogP contribution in [-0.4, -0.2) is 52.6 Å². The zero-order chi connectivity index (χ0) is 18.1. The molecule has 0 saturated carbocycles. The summed E-state index contributed by atoms with van der Waals surface area (Å²) in [4.78, 5) is 14.5. The van der Waals surface area contributed by atoms with E-state index in [1.54, 1.807) is 17.9 Å². The summed E-state index contributed by atoms with van der Waals surface area (Å²) in [5.41, 5.74) is 2.98. The molecule has 2 aromatic heterocycles. The SMILES string of the molecule is COc1nn(C)cc1C(=O)NCC1CN(c2cc3c(nn2)CCCC3)C1. The van der Waals surface area contributed by atoms with Gasteiger partial charge < -0.3 is 15.0 Å². The molecule has 0 unspecified atom stereocenters. The molecule has 1 aliphatic carbocycles. The summed E-state index contributed by atoms with van der Waals surface area (Å²) in [6, 6.07) is 2.19. The van der Waals surface area contributed by atoms with E-state index in [1.165, 1.54) is 25.5 Å². The van der Waals surface area contributed by atoms with Crippen molar-refractivity contribution in [3.63, 3.8) is 0 Å². The van der Waals surface area contributed by atoms with Crippen LogP contribution in [0.5, 0.6) is 5.88 Å². The number of nitrogens with one attached hydrogen (secondary N) is 1. The fourth-order valence-corrected chi connectivity index (χ4v) is 3.63. The van der Waals surface area contributed by atoms with E-state index in [9.17, 15) is 4.79 Å². The second-order valence-electron chi connectivity index (χ2n) is 7.09. The van der Waals surface area contributed by atoms with Gasteiger partial charge in [0.25, 0.3) is 5.91 Å². The number of rotatable bonds is 5. The van der Waals surface area contributed by atoms with Gasteiger partial charge in [-0.2, -0.15) is 5.10 Å². The highest BCUT2D eigenvalue weighted by atomic mass is 16.5. The van der Waals surface area contributed by atoms with Gasteiger partial charge in [0.2, 0.25) is 5.88 Å². The normalized spacial score (nSPS) is 16.8. The molecule has 2 aliphatic rings. The summed E-state index contributed by atoms with van der Waals surface area (Å²) in [5, 5.41) is 15.9. The maximum Gasteiger partial charge on any atom is 0.258 e. The first-order chi connectivity index (χ1) is 12.6. The Morgan fingerprint density at radius 2 is 2.12 bits per heavy atom. The van der Waals surface area contributed by atoms with Crippen LogP contribution in [0.3, 0.4) is 0 Å². The lowest BCUT2D eigenvalue weighted by Crippen LogP contribution is -2.52. The average Bonchev–Trinajstić information content (AvgIpc) is 3.01. The number of aromatic nitrogens is 4. The molecule has 3 heterocycles.